The molecule has 7 nitrogen and oxygen atoms in total. The van der Waals surface area contributed by atoms with Crippen LogP contribution in [0.4, 0.5) is 5.13 Å². The van der Waals surface area contributed by atoms with E-state index in [1.165, 1.54) is 11.3 Å². The Kier molecular flexibility index (Phi) is 6.30. The first-order valence-corrected chi connectivity index (χ1v) is 9.21. The Morgan fingerprint density at radius 3 is 2.64 bits per heavy atom. The van der Waals surface area contributed by atoms with Crippen LogP contribution in [0.5, 0.6) is 0 Å². The number of rotatable bonds is 7. The maximum absolute atomic E-state index is 12.6. The summed E-state index contributed by atoms with van der Waals surface area (Å²) in [5.74, 6) is -0.458. The van der Waals surface area contributed by atoms with Crippen molar-refractivity contribution in [1.82, 2.24) is 15.2 Å². The number of H-pyrrole nitrogens is 1. The van der Waals surface area contributed by atoms with E-state index < -0.39 is 5.97 Å². The molecule has 1 amide bonds. The van der Waals surface area contributed by atoms with Crippen LogP contribution in [0.3, 0.4) is 0 Å². The number of carbonyl (C=O) groups excluding carboxylic acids is 2. The summed E-state index contributed by atoms with van der Waals surface area (Å²) in [4.78, 5) is 27.5. The Morgan fingerprint density at radius 1 is 1.28 bits per heavy atom. The molecule has 25 heavy (non-hydrogen) atoms. The molecule has 2 heterocycles. The largest absolute Gasteiger partial charge is 0.461 e. The van der Waals surface area contributed by atoms with Gasteiger partial charge in [0.2, 0.25) is 5.13 Å². The van der Waals surface area contributed by atoms with Crippen LogP contribution >= 0.6 is 11.3 Å². The van der Waals surface area contributed by atoms with Crippen LogP contribution in [-0.2, 0) is 4.74 Å². The summed E-state index contributed by atoms with van der Waals surface area (Å²) in [5, 5.41) is 12.3. The van der Waals surface area contributed by atoms with Gasteiger partial charge in [-0.1, -0.05) is 31.6 Å². The van der Waals surface area contributed by atoms with Gasteiger partial charge >= 0.3 is 5.97 Å². The van der Waals surface area contributed by atoms with Crippen LogP contribution in [0, 0.1) is 13.8 Å². The van der Waals surface area contributed by atoms with E-state index in [-0.39, 0.29) is 12.5 Å². The number of hydrogen-bond donors (Lipinski definition) is 2. The fraction of sp³-hybridized carbons (Fsp3) is 0.529. The smallest absolute Gasteiger partial charge is 0.355 e. The lowest BCUT2D eigenvalue weighted by atomic mass is 10.1. The van der Waals surface area contributed by atoms with Gasteiger partial charge in [-0.2, -0.15) is 0 Å². The van der Waals surface area contributed by atoms with Crippen LogP contribution in [0.1, 0.15) is 76.6 Å². The number of carbonyl (C=O) groups is 2. The van der Waals surface area contributed by atoms with Crippen molar-refractivity contribution in [1.29, 1.82) is 0 Å². The lowest BCUT2D eigenvalue weighted by Crippen LogP contribution is -2.14. The highest BCUT2D eigenvalue weighted by Gasteiger charge is 2.23. The first kappa shape index (κ1) is 19.1. The SMILES string of the molecule is CCC[C@@H](C)c1nnc(NC(=O)c2c(C)[nH]c(C(=O)OCC)c2C)s1. The monoisotopic (exact) mass is 364 g/mol. The molecule has 8 heteroatoms. The van der Waals surface area contributed by atoms with E-state index in [0.29, 0.717) is 33.6 Å². The van der Waals surface area contributed by atoms with Crippen LogP contribution in [0.25, 0.3) is 0 Å². The molecule has 136 valence electrons. The molecule has 2 aromatic heterocycles. The number of hydrogen-bond acceptors (Lipinski definition) is 6. The van der Waals surface area contributed by atoms with Crippen molar-refractivity contribution in [3.63, 3.8) is 0 Å². The summed E-state index contributed by atoms with van der Waals surface area (Å²) >= 11 is 1.38. The zero-order chi connectivity index (χ0) is 18.6. The molecule has 0 bridgehead atoms. The standard InChI is InChI=1S/C17H24N4O3S/c1-6-8-9(3)15-20-21-17(25-15)19-14(22)12-10(4)13(18-11(12)5)16(23)24-7-2/h9,18H,6-8H2,1-5H3,(H,19,21,22)/t9-/m1/s1. The van der Waals surface area contributed by atoms with E-state index in [4.69, 9.17) is 4.74 Å². The summed E-state index contributed by atoms with van der Waals surface area (Å²) in [5.41, 5.74) is 1.92. The first-order valence-electron chi connectivity index (χ1n) is 8.39. The zero-order valence-electron chi connectivity index (χ0n) is 15.2. The maximum atomic E-state index is 12.6. The topological polar surface area (TPSA) is 97.0 Å². The molecule has 0 unspecified atom stereocenters. The average molecular weight is 364 g/mol. The molecular weight excluding hydrogens is 340 g/mol. The van der Waals surface area contributed by atoms with Gasteiger partial charge in [0.25, 0.3) is 5.91 Å². The van der Waals surface area contributed by atoms with Gasteiger partial charge in [-0.3, -0.25) is 10.1 Å². The van der Waals surface area contributed by atoms with Crippen molar-refractivity contribution in [2.45, 2.75) is 53.4 Å². The Labute approximate surface area is 151 Å². The number of nitrogens with zero attached hydrogens (tertiary/aromatic N) is 2. The zero-order valence-corrected chi connectivity index (χ0v) is 16.0. The van der Waals surface area contributed by atoms with Crippen molar-refractivity contribution >= 4 is 28.3 Å². The number of amides is 1. The van der Waals surface area contributed by atoms with E-state index in [9.17, 15) is 9.59 Å². The van der Waals surface area contributed by atoms with Gasteiger partial charge in [0.15, 0.2) is 0 Å². The van der Waals surface area contributed by atoms with Crippen molar-refractivity contribution in [2.24, 2.45) is 0 Å². The fourth-order valence-electron chi connectivity index (χ4n) is 2.70. The molecular formula is C17H24N4O3S. The number of aromatic amines is 1. The summed E-state index contributed by atoms with van der Waals surface area (Å²) in [6.07, 6.45) is 2.10. The maximum Gasteiger partial charge on any atom is 0.355 e. The lowest BCUT2D eigenvalue weighted by molar-refractivity contribution is 0.0519. The van der Waals surface area contributed by atoms with Gasteiger partial charge in [-0.15, -0.1) is 10.2 Å². The minimum atomic E-state index is -0.464. The molecule has 0 aliphatic carbocycles. The molecule has 2 N–H and O–H groups in total. The minimum absolute atomic E-state index is 0.279. The summed E-state index contributed by atoms with van der Waals surface area (Å²) < 4.78 is 5.01. The second-order valence-corrected chi connectivity index (χ2v) is 6.94. The van der Waals surface area contributed by atoms with Gasteiger partial charge < -0.3 is 9.72 Å². The number of aryl methyl sites for hydroxylation is 1. The highest BCUT2D eigenvalue weighted by Crippen LogP contribution is 2.27. The molecule has 1 atom stereocenters. The quantitative estimate of drug-likeness (QED) is 0.728. The molecule has 0 saturated carbocycles. The third kappa shape index (κ3) is 4.25. The van der Waals surface area contributed by atoms with Crippen LogP contribution < -0.4 is 5.32 Å². The normalized spacial score (nSPS) is 12.0. The summed E-state index contributed by atoms with van der Waals surface area (Å²) in [6, 6.07) is 0. The van der Waals surface area contributed by atoms with Crippen molar-refractivity contribution in [2.75, 3.05) is 11.9 Å². The van der Waals surface area contributed by atoms with E-state index in [2.05, 4.69) is 34.3 Å². The lowest BCUT2D eigenvalue weighted by Gasteiger charge is -2.04. The first-order chi connectivity index (χ1) is 11.9. The average Bonchev–Trinajstić information content (AvgIpc) is 3.12. The van der Waals surface area contributed by atoms with Gasteiger partial charge in [0, 0.05) is 11.6 Å². The second kappa shape index (κ2) is 8.24. The van der Waals surface area contributed by atoms with Gasteiger partial charge in [0.1, 0.15) is 10.7 Å². The number of anilines is 1. The fourth-order valence-corrected chi connectivity index (χ4v) is 3.52. The number of esters is 1. The van der Waals surface area contributed by atoms with Crippen LogP contribution in [-0.4, -0.2) is 33.7 Å². The Morgan fingerprint density at radius 2 is 2.00 bits per heavy atom. The molecule has 0 saturated heterocycles. The second-order valence-electron chi connectivity index (χ2n) is 5.93. The number of aromatic nitrogens is 3. The van der Waals surface area contributed by atoms with E-state index in [1.807, 2.05) is 0 Å². The van der Waals surface area contributed by atoms with Crippen molar-refractivity contribution < 1.29 is 14.3 Å². The number of nitrogens with one attached hydrogen (secondary N) is 2. The molecule has 0 aliphatic heterocycles. The summed E-state index contributed by atoms with van der Waals surface area (Å²) in [6.45, 7) is 9.71. The Hall–Kier alpha value is -2.22. The molecule has 0 radical (unpaired) electrons. The molecule has 0 aliphatic rings. The molecule has 2 rings (SSSR count). The predicted octanol–water partition coefficient (Wildman–Crippen LogP) is 3.82. The highest BCUT2D eigenvalue weighted by molar-refractivity contribution is 7.15. The number of ether oxygens (including phenoxy) is 1. The van der Waals surface area contributed by atoms with Gasteiger partial charge in [0.05, 0.1) is 12.2 Å². The Bertz CT molecular complexity index is 766. The van der Waals surface area contributed by atoms with Crippen LogP contribution in [0.15, 0.2) is 0 Å². The van der Waals surface area contributed by atoms with Crippen LogP contribution in [0.2, 0.25) is 0 Å². The molecule has 0 aromatic carbocycles. The Balaban J connectivity index is 2.17. The highest BCUT2D eigenvalue weighted by atomic mass is 32.1. The van der Waals surface area contributed by atoms with Gasteiger partial charge in [-0.05, 0) is 32.8 Å². The van der Waals surface area contributed by atoms with E-state index >= 15 is 0 Å². The molecule has 0 spiro atoms. The molecule has 2 aromatic rings. The third-order valence-electron chi connectivity index (χ3n) is 3.95. The van der Waals surface area contributed by atoms with E-state index in [0.717, 1.165) is 17.8 Å². The predicted molar refractivity (Wildman–Crippen MR) is 97.4 cm³/mol. The van der Waals surface area contributed by atoms with Crippen molar-refractivity contribution in [3.05, 3.63) is 27.5 Å². The van der Waals surface area contributed by atoms with Gasteiger partial charge in [-0.25, -0.2) is 4.79 Å². The molecule has 0 fully saturated rings. The van der Waals surface area contributed by atoms with E-state index in [1.54, 1.807) is 20.8 Å². The minimum Gasteiger partial charge on any atom is -0.461 e. The van der Waals surface area contributed by atoms with Crippen molar-refractivity contribution in [3.8, 4) is 0 Å². The third-order valence-corrected chi connectivity index (χ3v) is 5.02. The summed E-state index contributed by atoms with van der Waals surface area (Å²) in [7, 11) is 0.